The maximum Gasteiger partial charge on any atom is 0.341 e. The molecule has 0 radical (unpaired) electrons. The number of phenolic OH excluding ortho intramolecular Hbond substituents is 2. The van der Waals surface area contributed by atoms with Gasteiger partial charge in [0.15, 0.2) is 6.10 Å². The van der Waals surface area contributed by atoms with Crippen molar-refractivity contribution in [2.45, 2.75) is 24.2 Å². The molecule has 0 amide bonds. The number of ketones is 3. The summed E-state index contributed by atoms with van der Waals surface area (Å²) >= 11 is 0. The Labute approximate surface area is 191 Å². The molecule has 4 rings (SSSR count). The second kappa shape index (κ2) is 7.35. The van der Waals surface area contributed by atoms with Crippen LogP contribution >= 0.6 is 0 Å². The van der Waals surface area contributed by atoms with E-state index in [4.69, 9.17) is 9.47 Å². The van der Waals surface area contributed by atoms with Crippen molar-refractivity contribution >= 4 is 34.1 Å². The van der Waals surface area contributed by atoms with Gasteiger partial charge in [-0.25, -0.2) is 4.79 Å². The summed E-state index contributed by atoms with van der Waals surface area (Å²) in [6, 6.07) is 2.16. The molecular weight excluding hydrogens is 452 g/mol. The van der Waals surface area contributed by atoms with Crippen LogP contribution in [0.3, 0.4) is 0 Å². The number of ether oxygens (including phenoxy) is 3. The number of hydrogen-bond acceptors (Lipinski definition) is 11. The summed E-state index contributed by atoms with van der Waals surface area (Å²) in [5.41, 5.74) is -7.46. The van der Waals surface area contributed by atoms with Gasteiger partial charge in [0.05, 0.1) is 19.8 Å². The van der Waals surface area contributed by atoms with Crippen molar-refractivity contribution in [3.8, 4) is 11.5 Å². The molecule has 0 bridgehead atoms. The van der Waals surface area contributed by atoms with Crippen LogP contribution in [0.15, 0.2) is 24.0 Å². The van der Waals surface area contributed by atoms with Gasteiger partial charge in [-0.2, -0.15) is 0 Å². The van der Waals surface area contributed by atoms with E-state index in [2.05, 4.69) is 4.74 Å². The normalized spacial score (nSPS) is 26.1. The highest BCUT2D eigenvalue weighted by atomic mass is 16.5. The number of methoxy groups -OCH3 is 3. The Kier molecular flexibility index (Phi) is 5.05. The zero-order chi connectivity index (χ0) is 25.3. The van der Waals surface area contributed by atoms with Crippen LogP contribution in [0, 0.1) is 6.92 Å². The van der Waals surface area contributed by atoms with Crippen molar-refractivity contribution in [1.29, 1.82) is 0 Å². The Morgan fingerprint density at radius 1 is 1.06 bits per heavy atom. The first kappa shape index (κ1) is 23.4. The highest BCUT2D eigenvalue weighted by Crippen LogP contribution is 2.50. The highest BCUT2D eigenvalue weighted by Gasteiger charge is 2.74. The number of aryl methyl sites for hydroxylation is 1. The van der Waals surface area contributed by atoms with Crippen molar-refractivity contribution in [3.63, 3.8) is 0 Å². The van der Waals surface area contributed by atoms with Crippen LogP contribution in [0.25, 0.3) is 10.8 Å². The Morgan fingerprint density at radius 2 is 1.71 bits per heavy atom. The lowest BCUT2D eigenvalue weighted by Gasteiger charge is -2.49. The number of rotatable bonds is 3. The number of carbonyl (C=O) groups excluding carboxylic acids is 4. The number of aliphatic hydroxyl groups excluding tert-OH is 1. The second-order valence-electron chi connectivity index (χ2n) is 7.96. The zero-order valence-electron chi connectivity index (χ0n) is 18.5. The minimum atomic E-state index is -3.12. The zero-order valence-corrected chi connectivity index (χ0v) is 18.5. The molecule has 0 aliphatic heterocycles. The van der Waals surface area contributed by atoms with E-state index in [-0.39, 0.29) is 21.9 Å². The number of aromatic hydroxyl groups is 2. The number of hydrogen-bond donors (Lipinski definition) is 4. The van der Waals surface area contributed by atoms with Gasteiger partial charge in [-0.1, -0.05) is 0 Å². The SMILES string of the molecule is COC(=O)c1c(O)cc2cc3c(c(O)c2c1C)C(=O)[C@]1(OC)C(=O)C=C(OC)[C@@H](O)[C@]1(O)C3=O. The molecule has 0 fully saturated rings. The number of benzene rings is 2. The topological polar surface area (TPSA) is 177 Å². The number of esters is 1. The predicted octanol–water partition coefficient (Wildman–Crippen LogP) is 0.315. The van der Waals surface area contributed by atoms with Gasteiger partial charge >= 0.3 is 5.97 Å². The number of fused-ring (bicyclic) bond motifs is 3. The molecule has 0 aromatic heterocycles. The van der Waals surface area contributed by atoms with Gasteiger partial charge in [0.1, 0.15) is 22.8 Å². The van der Waals surface area contributed by atoms with Crippen molar-refractivity contribution in [2.24, 2.45) is 0 Å². The first-order valence-corrected chi connectivity index (χ1v) is 9.89. The molecular formula is C23H20O11. The maximum absolute atomic E-state index is 13.7. The van der Waals surface area contributed by atoms with Gasteiger partial charge in [-0.15, -0.1) is 0 Å². The van der Waals surface area contributed by atoms with E-state index >= 15 is 0 Å². The van der Waals surface area contributed by atoms with Crippen LogP contribution < -0.4 is 0 Å². The van der Waals surface area contributed by atoms with Crippen molar-refractivity contribution in [2.75, 3.05) is 21.3 Å². The molecule has 11 nitrogen and oxygen atoms in total. The van der Waals surface area contributed by atoms with Gasteiger partial charge in [0.2, 0.25) is 28.6 Å². The molecule has 2 aliphatic rings. The average molecular weight is 472 g/mol. The number of phenols is 2. The van der Waals surface area contributed by atoms with Gasteiger partial charge in [-0.3, -0.25) is 14.4 Å². The summed E-state index contributed by atoms with van der Waals surface area (Å²) in [7, 11) is 3.08. The van der Waals surface area contributed by atoms with E-state index in [9.17, 15) is 39.6 Å². The Balaban J connectivity index is 2.14. The molecule has 11 heteroatoms. The minimum absolute atomic E-state index is 0.0336. The predicted molar refractivity (Wildman–Crippen MR) is 113 cm³/mol. The van der Waals surface area contributed by atoms with Crippen molar-refractivity contribution < 1.29 is 53.8 Å². The summed E-state index contributed by atoms with van der Waals surface area (Å²) in [6.45, 7) is 1.38. The third kappa shape index (κ3) is 2.45. The quantitative estimate of drug-likeness (QED) is 0.357. The number of Topliss-reactive ketones (excluding diaryl/α,β-unsaturated/α-hetero) is 2. The van der Waals surface area contributed by atoms with Crippen LogP contribution in [0.1, 0.15) is 36.6 Å². The van der Waals surface area contributed by atoms with E-state index in [0.717, 1.165) is 39.5 Å². The lowest BCUT2D eigenvalue weighted by molar-refractivity contribution is -0.180. The number of aliphatic hydroxyl groups is 2. The van der Waals surface area contributed by atoms with Gasteiger partial charge in [0, 0.05) is 24.1 Å². The fourth-order valence-electron chi connectivity index (χ4n) is 4.87. The standard InChI is InChI=1S/C23H20O11/c1-8-14-9(6-11(24)15(8)21(30)33-3)5-10-16(17(14)26)20(29)23(34-4)13(25)7-12(32-2)19(28)22(23,31)18(10)27/h5-7,19,24,26,28,31H,1-4H3/t19-,22-,23-/m1/s1. The molecule has 178 valence electrons. The summed E-state index contributed by atoms with van der Waals surface area (Å²) in [4.78, 5) is 52.4. The van der Waals surface area contributed by atoms with Gasteiger partial charge in [-0.05, 0) is 30.0 Å². The van der Waals surface area contributed by atoms with E-state index in [1.807, 2.05) is 0 Å². The van der Waals surface area contributed by atoms with E-state index in [1.165, 1.54) is 6.92 Å². The fourth-order valence-corrected chi connectivity index (χ4v) is 4.87. The van der Waals surface area contributed by atoms with E-state index in [0.29, 0.717) is 0 Å². The molecule has 2 aromatic carbocycles. The van der Waals surface area contributed by atoms with Crippen LogP contribution in [0.5, 0.6) is 11.5 Å². The van der Waals surface area contributed by atoms with Crippen LogP contribution in [-0.4, -0.2) is 82.4 Å². The molecule has 0 unspecified atom stereocenters. The molecule has 0 heterocycles. The smallest absolute Gasteiger partial charge is 0.341 e. The molecule has 2 aliphatic carbocycles. The maximum atomic E-state index is 13.7. The minimum Gasteiger partial charge on any atom is -0.507 e. The van der Waals surface area contributed by atoms with Gasteiger partial charge < -0.3 is 34.6 Å². The van der Waals surface area contributed by atoms with Crippen LogP contribution in [0.4, 0.5) is 0 Å². The average Bonchev–Trinajstić information content (AvgIpc) is 2.79. The Hall–Kier alpha value is -3.80. The first-order chi connectivity index (χ1) is 15.9. The summed E-state index contributed by atoms with van der Waals surface area (Å²) in [6.07, 6.45) is -1.43. The Bertz CT molecular complexity index is 1350. The second-order valence-corrected chi connectivity index (χ2v) is 7.96. The summed E-state index contributed by atoms with van der Waals surface area (Å²) < 4.78 is 14.7. The highest BCUT2D eigenvalue weighted by molar-refractivity contribution is 6.35. The lowest BCUT2D eigenvalue weighted by atomic mass is 9.60. The first-order valence-electron chi connectivity index (χ1n) is 9.89. The molecule has 0 spiro atoms. The van der Waals surface area contributed by atoms with E-state index < -0.39 is 69.0 Å². The van der Waals surface area contributed by atoms with Crippen LogP contribution in [-0.2, 0) is 19.0 Å². The summed E-state index contributed by atoms with van der Waals surface area (Å²) in [5.74, 6) is -6.44. The molecule has 3 atom stereocenters. The molecule has 34 heavy (non-hydrogen) atoms. The molecule has 0 saturated heterocycles. The molecule has 4 N–H and O–H groups in total. The van der Waals surface area contributed by atoms with Crippen molar-refractivity contribution in [3.05, 3.63) is 46.2 Å². The molecule has 0 saturated carbocycles. The van der Waals surface area contributed by atoms with E-state index in [1.54, 1.807) is 0 Å². The van der Waals surface area contributed by atoms with Crippen molar-refractivity contribution in [1.82, 2.24) is 0 Å². The molecule has 2 aromatic rings. The fraction of sp³-hybridized carbons (Fsp3) is 0.304. The monoisotopic (exact) mass is 472 g/mol. The summed E-state index contributed by atoms with van der Waals surface area (Å²) in [5, 5.41) is 43.6. The van der Waals surface area contributed by atoms with Gasteiger partial charge in [0.25, 0.3) is 0 Å². The van der Waals surface area contributed by atoms with Crippen LogP contribution in [0.2, 0.25) is 0 Å². The third-order valence-corrected chi connectivity index (χ3v) is 6.52. The largest absolute Gasteiger partial charge is 0.507 e. The Morgan fingerprint density at radius 3 is 2.26 bits per heavy atom. The third-order valence-electron chi connectivity index (χ3n) is 6.52. The number of carbonyl (C=O) groups is 4. The lowest BCUT2D eigenvalue weighted by Crippen LogP contribution is -2.77.